The van der Waals surface area contributed by atoms with Crippen LogP contribution >= 0.6 is 0 Å². The number of nitrogens with zero attached hydrogens (tertiary/aromatic N) is 6. The van der Waals surface area contributed by atoms with Gasteiger partial charge in [-0.25, -0.2) is 16.8 Å². The fourth-order valence-corrected chi connectivity index (χ4v) is 5.41. The van der Waals surface area contributed by atoms with E-state index in [2.05, 4.69) is 31.1 Å². The third-order valence-electron chi connectivity index (χ3n) is 7.41. The Bertz CT molecular complexity index is 2410. The molecule has 27 heteroatoms. The second-order valence-corrected chi connectivity index (χ2v) is 14.4. The van der Waals surface area contributed by atoms with Gasteiger partial charge in [-0.1, -0.05) is 0 Å². The maximum atomic E-state index is 12.4. The Hall–Kier alpha value is -6.16. The maximum absolute atomic E-state index is 12.4. The Labute approximate surface area is 375 Å². The summed E-state index contributed by atoms with van der Waals surface area (Å²) < 4.78 is 76.2. The number of azo groups is 2. The summed E-state index contributed by atoms with van der Waals surface area (Å²) in [6.45, 7) is 2.16. The van der Waals surface area contributed by atoms with Crippen molar-refractivity contribution in [3.8, 4) is 11.5 Å². The first kappa shape index (κ1) is 51.0. The fourth-order valence-electron chi connectivity index (χ4n) is 4.43. The molecule has 0 aliphatic heterocycles. The normalized spacial score (nSPS) is 12.2. The standard InChI is InChI=1S/2C17H16N4O8S.Ca/c2*1-10(22)16(17(23)18-11-3-5-12(29-2)6-4-11)20-19-14-8-7-13(30(26,27)28)9-15(14)21(24)25;/h2*3-9,16H,1-2H3,(H,18,23)(H,26,27,28);/q;;+2/p-2. The van der Waals surface area contributed by atoms with Crippen molar-refractivity contribution in [1.82, 2.24) is 0 Å². The number of nitro benzene ring substituents is 2. The molecule has 4 aromatic carbocycles. The number of hydrogen-bond donors (Lipinski definition) is 2. The number of anilines is 2. The van der Waals surface area contributed by atoms with Crippen LogP contribution in [0.5, 0.6) is 11.5 Å². The molecule has 0 fully saturated rings. The molecule has 0 bridgehead atoms. The largest absolute Gasteiger partial charge is 2.00 e. The van der Waals surface area contributed by atoms with E-state index in [4.69, 9.17) is 9.47 Å². The first-order chi connectivity index (χ1) is 28.0. The molecule has 0 saturated heterocycles. The van der Waals surface area contributed by atoms with E-state index in [1.54, 1.807) is 24.3 Å². The number of carbonyl (C=O) groups excluding carboxylic acids is 4. The first-order valence-corrected chi connectivity index (χ1v) is 19.1. The molecule has 2 N–H and O–H groups in total. The summed E-state index contributed by atoms with van der Waals surface area (Å²) in [5.41, 5.74) is -1.83. The van der Waals surface area contributed by atoms with Gasteiger partial charge >= 0.3 is 37.7 Å². The molecule has 0 aliphatic rings. The molecule has 0 heterocycles. The SMILES string of the molecule is COc1ccc(NC(=O)C(N=Nc2ccc(S(=O)(=O)[O-])cc2[N+](=O)[O-])C(C)=O)cc1.COc1ccc(NC(=O)C(N=Nc2ccc(S(=O)(=O)[O-])cc2[N+](=O)[O-])C(C)=O)cc1.[Ca+2]. The molecule has 0 radical (unpaired) electrons. The maximum Gasteiger partial charge on any atom is 2.00 e. The minimum Gasteiger partial charge on any atom is -0.744 e. The van der Waals surface area contributed by atoms with E-state index in [0.717, 1.165) is 38.1 Å². The van der Waals surface area contributed by atoms with Gasteiger partial charge in [-0.15, -0.1) is 10.2 Å². The molecular formula is C34H30CaN8O16S2. The molecule has 0 aromatic heterocycles. The summed E-state index contributed by atoms with van der Waals surface area (Å²) >= 11 is 0. The van der Waals surface area contributed by atoms with Crippen LogP contribution in [0.4, 0.5) is 34.1 Å². The summed E-state index contributed by atoms with van der Waals surface area (Å²) in [6.07, 6.45) is 0. The molecule has 4 aromatic rings. The minimum atomic E-state index is -4.93. The van der Waals surface area contributed by atoms with Crippen molar-refractivity contribution in [3.63, 3.8) is 0 Å². The number of nitrogens with one attached hydrogen (secondary N) is 2. The summed E-state index contributed by atoms with van der Waals surface area (Å²) in [5, 5.41) is 41.4. The van der Waals surface area contributed by atoms with Crippen LogP contribution in [0.3, 0.4) is 0 Å². The van der Waals surface area contributed by atoms with Crippen LogP contribution in [0, 0.1) is 20.2 Å². The minimum absolute atomic E-state index is 0. The second-order valence-electron chi connectivity index (χ2n) is 11.6. The molecule has 2 amide bonds. The van der Waals surface area contributed by atoms with E-state index in [9.17, 15) is 65.3 Å². The summed E-state index contributed by atoms with van der Waals surface area (Å²) in [6, 6.07) is 13.6. The van der Waals surface area contributed by atoms with Gasteiger partial charge < -0.3 is 29.2 Å². The first-order valence-electron chi connectivity index (χ1n) is 16.3. The Balaban J connectivity index is 0.000000413. The molecule has 24 nitrogen and oxygen atoms in total. The van der Waals surface area contributed by atoms with E-state index in [-0.39, 0.29) is 37.7 Å². The molecule has 2 atom stereocenters. The molecule has 0 spiro atoms. The van der Waals surface area contributed by atoms with Crippen molar-refractivity contribution < 1.29 is 64.4 Å². The third-order valence-corrected chi connectivity index (χ3v) is 9.07. The zero-order chi connectivity index (χ0) is 44.9. The van der Waals surface area contributed by atoms with Gasteiger partial charge in [-0.3, -0.25) is 39.4 Å². The Morgan fingerprint density at radius 3 is 1.15 bits per heavy atom. The number of Topliss-reactive ketones (excluding diaryl/α,β-unsaturated/α-hetero) is 2. The van der Waals surface area contributed by atoms with Crippen LogP contribution in [-0.2, 0) is 39.4 Å². The molecule has 4 rings (SSSR count). The van der Waals surface area contributed by atoms with Crippen molar-refractivity contribution in [2.75, 3.05) is 24.9 Å². The number of methoxy groups -OCH3 is 2. The van der Waals surface area contributed by atoms with Gasteiger partial charge in [0.15, 0.2) is 22.9 Å². The fraction of sp³-hybridized carbons (Fsp3) is 0.176. The van der Waals surface area contributed by atoms with Crippen LogP contribution < -0.4 is 20.1 Å². The van der Waals surface area contributed by atoms with E-state index in [0.29, 0.717) is 35.0 Å². The molecule has 61 heavy (non-hydrogen) atoms. The van der Waals surface area contributed by atoms with E-state index < -0.39 is 98.1 Å². The topological polar surface area (TPSA) is 361 Å². The van der Waals surface area contributed by atoms with E-state index in [1.807, 2.05) is 0 Å². The number of ketones is 2. The third kappa shape index (κ3) is 15.1. The predicted octanol–water partition coefficient (Wildman–Crippen LogP) is 3.99. The van der Waals surface area contributed by atoms with Crippen LogP contribution in [-0.4, -0.2) is 123 Å². The van der Waals surface area contributed by atoms with Gasteiger partial charge in [0.1, 0.15) is 31.7 Å². The van der Waals surface area contributed by atoms with Gasteiger partial charge in [0, 0.05) is 23.5 Å². The van der Waals surface area contributed by atoms with Crippen LogP contribution in [0.25, 0.3) is 0 Å². The number of nitro groups is 2. The van der Waals surface area contributed by atoms with Crippen molar-refractivity contribution in [3.05, 3.63) is 105 Å². The van der Waals surface area contributed by atoms with E-state index >= 15 is 0 Å². The zero-order valence-corrected chi connectivity index (χ0v) is 35.8. The Kier molecular flexibility index (Phi) is 18.8. The molecular weight excluding hydrogens is 881 g/mol. The molecule has 0 aliphatic carbocycles. The zero-order valence-electron chi connectivity index (χ0n) is 32.0. The van der Waals surface area contributed by atoms with Crippen molar-refractivity contribution in [2.45, 2.75) is 35.7 Å². The monoisotopic (exact) mass is 910 g/mol. The Morgan fingerprint density at radius 1 is 0.590 bits per heavy atom. The summed E-state index contributed by atoms with van der Waals surface area (Å²) in [7, 11) is -6.91. The van der Waals surface area contributed by atoms with Crippen molar-refractivity contribution in [1.29, 1.82) is 0 Å². The van der Waals surface area contributed by atoms with Gasteiger partial charge in [0.05, 0.1) is 33.9 Å². The van der Waals surface area contributed by atoms with Gasteiger partial charge in [0.2, 0.25) is 12.1 Å². The van der Waals surface area contributed by atoms with Crippen LogP contribution in [0.2, 0.25) is 0 Å². The number of carbonyl (C=O) groups is 4. The second kappa shape index (κ2) is 22.4. The number of ether oxygens (including phenoxy) is 2. The van der Waals surface area contributed by atoms with Crippen molar-refractivity contribution >= 4 is 115 Å². The van der Waals surface area contributed by atoms with Crippen LogP contribution in [0.15, 0.2) is 115 Å². The van der Waals surface area contributed by atoms with E-state index in [1.165, 1.54) is 38.5 Å². The van der Waals surface area contributed by atoms with Gasteiger partial charge in [-0.2, -0.15) is 10.2 Å². The average Bonchev–Trinajstić information content (AvgIpc) is 3.17. The number of hydrogen-bond acceptors (Lipinski definition) is 20. The number of rotatable bonds is 16. The van der Waals surface area contributed by atoms with Crippen molar-refractivity contribution in [2.24, 2.45) is 20.5 Å². The predicted molar refractivity (Wildman–Crippen MR) is 209 cm³/mol. The van der Waals surface area contributed by atoms with Crippen LogP contribution in [0.1, 0.15) is 13.8 Å². The molecule has 316 valence electrons. The smallest absolute Gasteiger partial charge is 0.744 e. The number of amides is 2. The number of benzene rings is 4. The Morgan fingerprint density at radius 2 is 0.902 bits per heavy atom. The van der Waals surface area contributed by atoms with Gasteiger partial charge in [-0.05, 0) is 86.6 Å². The molecule has 2 unspecified atom stereocenters. The van der Waals surface area contributed by atoms with Gasteiger partial charge in [0.25, 0.3) is 23.2 Å². The summed E-state index contributed by atoms with van der Waals surface area (Å²) in [4.78, 5) is 67.1. The average molecular weight is 911 g/mol. The molecule has 0 saturated carbocycles. The quantitative estimate of drug-likeness (QED) is 0.0400. The summed E-state index contributed by atoms with van der Waals surface area (Å²) in [5.74, 6) is -1.95.